The summed E-state index contributed by atoms with van der Waals surface area (Å²) in [7, 11) is 0.174. The molecule has 0 bridgehead atoms. The van der Waals surface area contributed by atoms with Gasteiger partial charge in [0.15, 0.2) is 0 Å². The van der Waals surface area contributed by atoms with Crippen molar-refractivity contribution in [2.45, 2.75) is 25.2 Å². The molecular weight excluding hydrogens is 515 g/mol. The van der Waals surface area contributed by atoms with Crippen molar-refractivity contribution in [2.75, 3.05) is 4.90 Å². The van der Waals surface area contributed by atoms with E-state index in [9.17, 15) is 0 Å². The monoisotopic (exact) mass is 543 g/mol. The van der Waals surface area contributed by atoms with Gasteiger partial charge in [0.1, 0.15) is 8.07 Å². The molecule has 196 valence electrons. The van der Waals surface area contributed by atoms with Crippen LogP contribution in [0.4, 0.5) is 11.4 Å². The molecule has 2 atom stereocenters. The quantitative estimate of drug-likeness (QED) is 0.192. The van der Waals surface area contributed by atoms with Crippen LogP contribution in [-0.4, -0.2) is 17.2 Å². The number of rotatable bonds is 1. The lowest BCUT2D eigenvalue weighted by atomic mass is 9.96. The van der Waals surface area contributed by atoms with Crippen LogP contribution in [0.3, 0.4) is 0 Å². The van der Waals surface area contributed by atoms with Crippen molar-refractivity contribution in [3.63, 3.8) is 0 Å². The largest absolute Gasteiger partial charge is 0.344 e. The van der Waals surface area contributed by atoms with Crippen LogP contribution in [0.15, 0.2) is 109 Å². The third-order valence-corrected chi connectivity index (χ3v) is 13.8. The van der Waals surface area contributed by atoms with Crippen molar-refractivity contribution < 1.29 is 0 Å². The molecule has 4 heteroatoms. The van der Waals surface area contributed by atoms with Crippen molar-refractivity contribution in [1.29, 1.82) is 0 Å². The number of nitrogens with zero attached hydrogens (tertiary/aromatic N) is 3. The summed E-state index contributed by atoms with van der Waals surface area (Å²) in [4.78, 5) is 2.62. The molecule has 0 aliphatic carbocycles. The number of benzene rings is 5. The first-order valence-electron chi connectivity index (χ1n) is 14.7. The molecule has 3 aliphatic heterocycles. The molecule has 0 fully saturated rings. The molecule has 3 aliphatic rings. The summed E-state index contributed by atoms with van der Waals surface area (Å²) in [6, 6.07) is 41.7. The Kier molecular flexibility index (Phi) is 3.90. The van der Waals surface area contributed by atoms with Gasteiger partial charge in [-0.1, -0.05) is 92.0 Å². The minimum Gasteiger partial charge on any atom is -0.344 e. The maximum absolute atomic E-state index is 2.85. The highest BCUT2D eigenvalue weighted by atomic mass is 28.3. The number of para-hydroxylation sites is 2. The third-order valence-electron chi connectivity index (χ3n) is 10.4. The van der Waals surface area contributed by atoms with Gasteiger partial charge < -0.3 is 14.0 Å². The molecule has 2 aromatic heterocycles. The third kappa shape index (κ3) is 2.41. The molecule has 2 unspecified atom stereocenters. The fraction of sp³-hybridized carbons (Fsp3) is 0.135. The van der Waals surface area contributed by atoms with E-state index in [0.717, 1.165) is 0 Å². The van der Waals surface area contributed by atoms with E-state index >= 15 is 0 Å². The Balaban J connectivity index is 1.47. The van der Waals surface area contributed by atoms with E-state index in [1.165, 1.54) is 66.3 Å². The van der Waals surface area contributed by atoms with Gasteiger partial charge in [-0.25, -0.2) is 0 Å². The molecule has 5 heterocycles. The molecule has 5 aromatic carbocycles. The molecular formula is C37H29N3Si. The van der Waals surface area contributed by atoms with Crippen LogP contribution in [-0.2, 0) is 7.05 Å². The van der Waals surface area contributed by atoms with E-state index in [1.807, 2.05) is 0 Å². The van der Waals surface area contributed by atoms with Gasteiger partial charge in [0, 0.05) is 56.7 Å². The molecule has 0 radical (unpaired) electrons. The van der Waals surface area contributed by atoms with Crippen molar-refractivity contribution in [3.05, 3.63) is 120 Å². The Labute approximate surface area is 239 Å². The van der Waals surface area contributed by atoms with E-state index in [0.29, 0.717) is 0 Å². The highest BCUT2D eigenvalue weighted by molar-refractivity contribution is 7.03. The first kappa shape index (κ1) is 22.2. The standard InChI is InChI=1S/C37H29N3Si/c1-38-28-18-11-16-25-31-24-15-8-10-19-30(24)41(2,3)37(31)40-34-26(20-21-29(38)33(34)32(25)28)36-35(40)23-14-7-9-17-27(23)39(36)22-12-5-4-6-13-22/h4-21,35-36H,1-3H3. The molecule has 0 amide bonds. The average Bonchev–Trinajstić information content (AvgIpc) is 3.64. The lowest BCUT2D eigenvalue weighted by molar-refractivity contribution is 0.567. The molecule has 7 aromatic rings. The molecule has 0 N–H and O–H groups in total. The first-order chi connectivity index (χ1) is 20.1. The van der Waals surface area contributed by atoms with E-state index in [-0.39, 0.29) is 12.1 Å². The SMILES string of the molecule is Cn1c2cccc3c4c(n5c6c(ccc1c6c32)C1C5c2ccccc2N1c1ccccc1)[Si](C)(C)c1ccccc1-4. The highest BCUT2D eigenvalue weighted by Gasteiger charge is 2.51. The second-order valence-corrected chi connectivity index (χ2v) is 16.8. The minimum atomic E-state index is -2.07. The Bertz CT molecular complexity index is 2270. The summed E-state index contributed by atoms with van der Waals surface area (Å²) in [6.07, 6.45) is 0. The predicted octanol–water partition coefficient (Wildman–Crippen LogP) is 7.89. The Morgan fingerprint density at radius 3 is 2.27 bits per heavy atom. The summed E-state index contributed by atoms with van der Waals surface area (Å²) in [6.45, 7) is 5.15. The van der Waals surface area contributed by atoms with Crippen molar-refractivity contribution >= 4 is 62.7 Å². The van der Waals surface area contributed by atoms with Crippen molar-refractivity contribution in [2.24, 2.45) is 7.05 Å². The van der Waals surface area contributed by atoms with Gasteiger partial charge in [-0.3, -0.25) is 0 Å². The Hall–Kier alpha value is -4.54. The first-order valence-corrected chi connectivity index (χ1v) is 17.7. The Morgan fingerprint density at radius 2 is 1.39 bits per heavy atom. The van der Waals surface area contributed by atoms with Crippen molar-refractivity contribution in [3.8, 4) is 11.1 Å². The smallest absolute Gasteiger partial charge is 0.134 e. The van der Waals surface area contributed by atoms with E-state index in [2.05, 4.69) is 143 Å². The van der Waals surface area contributed by atoms with Crippen LogP contribution >= 0.6 is 0 Å². The minimum absolute atomic E-state index is 0.206. The highest BCUT2D eigenvalue weighted by Crippen LogP contribution is 2.59. The molecule has 10 rings (SSSR count). The second-order valence-electron chi connectivity index (χ2n) is 12.6. The maximum Gasteiger partial charge on any atom is 0.134 e. The molecule has 41 heavy (non-hydrogen) atoms. The summed E-state index contributed by atoms with van der Waals surface area (Å²) in [5, 5.41) is 7.38. The van der Waals surface area contributed by atoms with Gasteiger partial charge in [0.2, 0.25) is 0 Å². The van der Waals surface area contributed by atoms with Crippen LogP contribution in [0, 0.1) is 0 Å². The Morgan fingerprint density at radius 1 is 0.634 bits per heavy atom. The van der Waals surface area contributed by atoms with E-state index in [1.54, 1.807) is 10.5 Å². The number of hydrogen-bond donors (Lipinski definition) is 0. The van der Waals surface area contributed by atoms with Gasteiger partial charge in [0.05, 0.1) is 23.1 Å². The molecule has 0 saturated carbocycles. The molecule has 3 nitrogen and oxygen atoms in total. The normalized spacial score (nSPS) is 19.2. The lowest BCUT2D eigenvalue weighted by Gasteiger charge is -2.29. The zero-order valence-electron chi connectivity index (χ0n) is 23.4. The van der Waals surface area contributed by atoms with Crippen molar-refractivity contribution in [1.82, 2.24) is 9.13 Å². The molecule has 0 spiro atoms. The fourth-order valence-corrected chi connectivity index (χ4v) is 12.2. The summed E-state index contributed by atoms with van der Waals surface area (Å²) >= 11 is 0. The van der Waals surface area contributed by atoms with Gasteiger partial charge in [-0.15, -0.1) is 0 Å². The summed E-state index contributed by atoms with van der Waals surface area (Å²) < 4.78 is 5.27. The van der Waals surface area contributed by atoms with Gasteiger partial charge in [-0.2, -0.15) is 0 Å². The van der Waals surface area contributed by atoms with Gasteiger partial charge in [-0.05, 0) is 46.5 Å². The van der Waals surface area contributed by atoms with Crippen LogP contribution in [0.2, 0.25) is 13.1 Å². The lowest BCUT2D eigenvalue weighted by Crippen LogP contribution is -2.53. The number of anilines is 2. The van der Waals surface area contributed by atoms with Gasteiger partial charge in [0.25, 0.3) is 0 Å². The summed E-state index contributed by atoms with van der Waals surface area (Å²) in [5.74, 6) is 0. The van der Waals surface area contributed by atoms with Gasteiger partial charge >= 0.3 is 0 Å². The predicted molar refractivity (Wildman–Crippen MR) is 174 cm³/mol. The molecule has 0 saturated heterocycles. The second kappa shape index (κ2) is 7.20. The van der Waals surface area contributed by atoms with Crippen LogP contribution in [0.25, 0.3) is 43.8 Å². The fourth-order valence-electron chi connectivity index (χ4n) is 8.84. The number of aryl methyl sites for hydroxylation is 1. The zero-order valence-corrected chi connectivity index (χ0v) is 24.4. The van der Waals surface area contributed by atoms with Crippen LogP contribution in [0.1, 0.15) is 23.2 Å². The number of aromatic nitrogens is 2. The topological polar surface area (TPSA) is 13.1 Å². The number of hydrogen-bond acceptors (Lipinski definition) is 1. The average molecular weight is 544 g/mol. The van der Waals surface area contributed by atoms with E-state index < -0.39 is 8.07 Å². The summed E-state index contributed by atoms with van der Waals surface area (Å²) in [5.41, 5.74) is 12.4. The number of fused-ring (bicyclic) bond motifs is 10. The van der Waals surface area contributed by atoms with Crippen LogP contribution in [0.5, 0.6) is 0 Å². The van der Waals surface area contributed by atoms with Crippen LogP contribution < -0.4 is 15.4 Å². The zero-order chi connectivity index (χ0) is 27.2. The van der Waals surface area contributed by atoms with E-state index in [4.69, 9.17) is 0 Å². The maximum atomic E-state index is 2.85.